The number of imidazole rings is 1. The molecule has 5 rings (SSSR count). The molecule has 0 atom stereocenters. The summed E-state index contributed by atoms with van der Waals surface area (Å²) in [4.78, 5) is 4.72. The topological polar surface area (TPSA) is 17.8 Å². The van der Waals surface area contributed by atoms with Crippen molar-refractivity contribution in [3.05, 3.63) is 120 Å². The minimum absolute atomic E-state index is 0.277. The molecule has 0 aliphatic heterocycles. The first kappa shape index (κ1) is 18.4. The van der Waals surface area contributed by atoms with Gasteiger partial charge in [0.1, 0.15) is 5.82 Å². The van der Waals surface area contributed by atoms with E-state index in [0.29, 0.717) is 11.4 Å². The fourth-order valence-corrected chi connectivity index (χ4v) is 4.69. The quantitative estimate of drug-likeness (QED) is 0.239. The van der Waals surface area contributed by atoms with Gasteiger partial charge < -0.3 is 0 Å². The molecule has 0 aliphatic carbocycles. The third-order valence-electron chi connectivity index (χ3n) is 6.54. The van der Waals surface area contributed by atoms with Crippen LogP contribution in [-0.4, -0.2) is 9.55 Å². The molecule has 4 aromatic carbocycles. The number of aryl methyl sites for hydroxylation is 1. The first-order valence-electron chi connectivity index (χ1n) is 14.7. The van der Waals surface area contributed by atoms with E-state index in [1.54, 1.807) is 18.3 Å². The fraction of sp³-hybridized carbons (Fsp3) is 0.206. The molecule has 0 aliphatic rings. The van der Waals surface area contributed by atoms with Crippen molar-refractivity contribution in [2.75, 3.05) is 0 Å². The Hall–Kier alpha value is -3.91. The van der Waals surface area contributed by atoms with Gasteiger partial charge in [0.05, 0.1) is 5.69 Å². The maximum absolute atomic E-state index is 9.14. The van der Waals surface area contributed by atoms with Gasteiger partial charge in [-0.15, -0.1) is 0 Å². The molecule has 0 N–H and O–H groups in total. The summed E-state index contributed by atoms with van der Waals surface area (Å²) in [6.45, 7) is 5.15. The Balaban J connectivity index is 1.79. The van der Waals surface area contributed by atoms with E-state index in [1.807, 2.05) is 117 Å². The Morgan fingerprint density at radius 1 is 0.694 bits per heavy atom. The van der Waals surface area contributed by atoms with Crippen LogP contribution in [0.1, 0.15) is 63.0 Å². The molecule has 180 valence electrons. The normalized spacial score (nSPS) is 14.4. The van der Waals surface area contributed by atoms with Crippen molar-refractivity contribution < 1.29 is 6.85 Å². The van der Waals surface area contributed by atoms with Gasteiger partial charge in [0.25, 0.3) is 0 Å². The number of rotatable bonds is 6. The molecule has 1 aromatic heterocycles. The predicted octanol–water partition coefficient (Wildman–Crippen LogP) is 9.43. The van der Waals surface area contributed by atoms with Crippen LogP contribution in [0.3, 0.4) is 0 Å². The van der Waals surface area contributed by atoms with Crippen LogP contribution in [0.2, 0.25) is 0 Å². The lowest BCUT2D eigenvalue weighted by molar-refractivity contribution is 0.807. The zero-order valence-electron chi connectivity index (χ0n) is 26.2. The number of nitrogens with zero attached hydrogens (tertiary/aromatic N) is 2. The van der Waals surface area contributed by atoms with Crippen LogP contribution in [0.25, 0.3) is 39.3 Å². The standard InChI is InChI=1S/C34H34N2/c1-23(2)30-21-29(26-12-8-6-9-13-26)22-31(24(3)4)33(30)36-19-18-35-34(36)28-17-16-25(5)32(20-28)27-14-10-7-11-15-27/h6-24H,1-5H3/i5D3,23D,24D. The molecule has 1 heterocycles. The maximum Gasteiger partial charge on any atom is 0.144 e. The van der Waals surface area contributed by atoms with E-state index in [0.717, 1.165) is 39.1 Å². The lowest BCUT2D eigenvalue weighted by Crippen LogP contribution is -2.08. The highest BCUT2D eigenvalue weighted by atomic mass is 15.1. The average Bonchev–Trinajstić information content (AvgIpc) is 3.41. The van der Waals surface area contributed by atoms with E-state index in [4.69, 9.17) is 11.8 Å². The van der Waals surface area contributed by atoms with E-state index in [2.05, 4.69) is 0 Å². The highest BCUT2D eigenvalue weighted by molar-refractivity contribution is 5.75. The van der Waals surface area contributed by atoms with Crippen molar-refractivity contribution in [2.24, 2.45) is 0 Å². The monoisotopic (exact) mass is 475 g/mol. The van der Waals surface area contributed by atoms with Gasteiger partial charge in [-0.3, -0.25) is 4.57 Å². The zero-order valence-corrected chi connectivity index (χ0v) is 21.2. The molecule has 0 fully saturated rings. The Kier molecular flexibility index (Phi) is 5.10. The Labute approximate surface area is 222 Å². The lowest BCUT2D eigenvalue weighted by atomic mass is 9.88. The van der Waals surface area contributed by atoms with Gasteiger partial charge in [0.2, 0.25) is 0 Å². The van der Waals surface area contributed by atoms with Crippen molar-refractivity contribution in [1.29, 1.82) is 0 Å². The lowest BCUT2D eigenvalue weighted by Gasteiger charge is -2.24. The smallest absolute Gasteiger partial charge is 0.144 e. The van der Waals surface area contributed by atoms with Crippen molar-refractivity contribution >= 4 is 0 Å². The second-order valence-corrected chi connectivity index (χ2v) is 9.53. The number of benzene rings is 4. The number of aromatic nitrogens is 2. The Morgan fingerprint density at radius 2 is 1.31 bits per heavy atom. The molecule has 36 heavy (non-hydrogen) atoms. The van der Waals surface area contributed by atoms with Crippen molar-refractivity contribution in [3.63, 3.8) is 0 Å². The third kappa shape index (κ3) is 4.52. The van der Waals surface area contributed by atoms with E-state index in [9.17, 15) is 0 Å². The molecule has 5 aromatic rings. The predicted molar refractivity (Wildman–Crippen MR) is 153 cm³/mol. The number of hydrogen-bond acceptors (Lipinski definition) is 1. The maximum atomic E-state index is 9.14. The zero-order chi connectivity index (χ0) is 29.6. The van der Waals surface area contributed by atoms with Crippen molar-refractivity contribution in [3.8, 4) is 39.3 Å². The minimum Gasteiger partial charge on any atom is -0.299 e. The van der Waals surface area contributed by atoms with Crippen LogP contribution in [0, 0.1) is 6.85 Å². The van der Waals surface area contributed by atoms with Gasteiger partial charge >= 0.3 is 0 Å². The summed E-state index contributed by atoms with van der Waals surface area (Å²) in [6, 6.07) is 29.0. The molecule has 0 radical (unpaired) electrons. The summed E-state index contributed by atoms with van der Waals surface area (Å²) in [5.41, 5.74) is 6.73. The number of hydrogen-bond donors (Lipinski definition) is 0. The molecule has 0 amide bonds. The van der Waals surface area contributed by atoms with Gasteiger partial charge in [0.15, 0.2) is 0 Å². The van der Waals surface area contributed by atoms with Crippen LogP contribution in [0.15, 0.2) is 103 Å². The second-order valence-electron chi connectivity index (χ2n) is 9.53. The van der Waals surface area contributed by atoms with Crippen LogP contribution >= 0.6 is 0 Å². The van der Waals surface area contributed by atoms with E-state index in [1.165, 1.54) is 0 Å². The summed E-state index contributed by atoms with van der Waals surface area (Å²) in [7, 11) is 0. The van der Waals surface area contributed by atoms with Gasteiger partial charge in [-0.25, -0.2) is 4.98 Å². The van der Waals surface area contributed by atoms with Crippen LogP contribution in [-0.2, 0) is 0 Å². The summed E-state index contributed by atoms with van der Waals surface area (Å²) in [5, 5.41) is 0. The van der Waals surface area contributed by atoms with Gasteiger partial charge in [-0.1, -0.05) is 100 Å². The molecular formula is C34H34N2. The summed E-state index contributed by atoms with van der Waals surface area (Å²) < 4.78 is 44.6. The van der Waals surface area contributed by atoms with Gasteiger partial charge in [-0.2, -0.15) is 0 Å². The largest absolute Gasteiger partial charge is 0.299 e. The summed E-state index contributed by atoms with van der Waals surface area (Å²) in [6.07, 6.45) is 3.57. The summed E-state index contributed by atoms with van der Waals surface area (Å²) >= 11 is 0. The molecule has 0 bridgehead atoms. The second kappa shape index (κ2) is 9.99. The minimum atomic E-state index is -2.28. The van der Waals surface area contributed by atoms with Crippen LogP contribution < -0.4 is 0 Å². The molecule has 0 saturated heterocycles. The summed E-state index contributed by atoms with van der Waals surface area (Å²) in [5.74, 6) is -1.35. The van der Waals surface area contributed by atoms with E-state index in [-0.39, 0.29) is 5.56 Å². The first-order chi connectivity index (χ1) is 19.2. The molecule has 0 saturated carbocycles. The highest BCUT2D eigenvalue weighted by Gasteiger charge is 2.21. The van der Waals surface area contributed by atoms with E-state index < -0.39 is 18.6 Å². The van der Waals surface area contributed by atoms with E-state index >= 15 is 0 Å². The molecular weight excluding hydrogens is 436 g/mol. The van der Waals surface area contributed by atoms with Crippen molar-refractivity contribution in [1.82, 2.24) is 9.55 Å². The van der Waals surface area contributed by atoms with Gasteiger partial charge in [-0.05, 0) is 75.8 Å². The Morgan fingerprint density at radius 3 is 1.89 bits per heavy atom. The average molecular weight is 476 g/mol. The fourth-order valence-electron chi connectivity index (χ4n) is 4.69. The Bertz CT molecular complexity index is 1640. The van der Waals surface area contributed by atoms with Gasteiger partial charge in [0, 0.05) is 24.8 Å². The van der Waals surface area contributed by atoms with Crippen LogP contribution in [0.5, 0.6) is 0 Å². The molecule has 0 unspecified atom stereocenters. The molecule has 0 spiro atoms. The first-order valence-corrected chi connectivity index (χ1v) is 12.2. The highest BCUT2D eigenvalue weighted by Crippen LogP contribution is 2.38. The third-order valence-corrected chi connectivity index (χ3v) is 6.54. The van der Waals surface area contributed by atoms with Crippen molar-refractivity contribution in [2.45, 2.75) is 46.3 Å². The SMILES string of the molecule is [2H]C([2H])([2H])c1ccc(-c2nccn2-c2c(C([2H])(C)C)cc(-c3ccccc3)cc2C([2H])(C)C)cc1-c1ccccc1. The molecule has 2 nitrogen and oxygen atoms in total. The molecule has 2 heteroatoms. The van der Waals surface area contributed by atoms with Crippen LogP contribution in [0.4, 0.5) is 0 Å².